The molecular formula is C15H16FNO3. The third-order valence-corrected chi connectivity index (χ3v) is 4.43. The zero-order valence-corrected chi connectivity index (χ0v) is 10.9. The summed E-state index contributed by atoms with van der Waals surface area (Å²) in [5.74, 6) is -1.08. The molecule has 2 aliphatic carbocycles. The molecule has 3 rings (SSSR count). The van der Waals surface area contributed by atoms with Crippen molar-refractivity contribution in [3.05, 3.63) is 29.6 Å². The Labute approximate surface area is 116 Å². The zero-order chi connectivity index (χ0) is 14.3. The standard InChI is InChI=1S/C15H16FNO3/c16-8-5-6-12(11(7-8)15(19)20)17-14(18)13-9-3-1-2-4-10(9)13/h5-7,9-10,13H,1-4H2,(H,17,18)(H,19,20). The maximum atomic E-state index is 13.1. The molecule has 4 nitrogen and oxygen atoms in total. The average molecular weight is 277 g/mol. The molecule has 0 aliphatic heterocycles. The summed E-state index contributed by atoms with van der Waals surface area (Å²) in [5, 5.41) is 11.7. The lowest BCUT2D eigenvalue weighted by Crippen LogP contribution is -2.18. The highest BCUT2D eigenvalue weighted by Crippen LogP contribution is 2.55. The van der Waals surface area contributed by atoms with Crippen LogP contribution in [0.15, 0.2) is 18.2 Å². The van der Waals surface area contributed by atoms with Crippen molar-refractivity contribution in [2.45, 2.75) is 25.7 Å². The molecule has 2 atom stereocenters. The van der Waals surface area contributed by atoms with E-state index in [1.165, 1.54) is 18.9 Å². The quantitative estimate of drug-likeness (QED) is 0.892. The maximum absolute atomic E-state index is 13.1. The molecule has 2 N–H and O–H groups in total. The van der Waals surface area contributed by atoms with Gasteiger partial charge in [0.15, 0.2) is 0 Å². The highest BCUT2D eigenvalue weighted by molar-refractivity contribution is 6.02. The molecule has 1 amide bonds. The molecule has 0 aromatic heterocycles. The second-order valence-electron chi connectivity index (χ2n) is 5.62. The second kappa shape index (κ2) is 4.89. The van der Waals surface area contributed by atoms with Crippen molar-refractivity contribution < 1.29 is 19.1 Å². The Morgan fingerprint density at radius 1 is 1.20 bits per heavy atom. The highest BCUT2D eigenvalue weighted by atomic mass is 19.1. The fourth-order valence-corrected chi connectivity index (χ4v) is 3.40. The van der Waals surface area contributed by atoms with Crippen LogP contribution in [0.3, 0.4) is 0 Å². The van der Waals surface area contributed by atoms with E-state index in [0.717, 1.165) is 25.0 Å². The summed E-state index contributed by atoms with van der Waals surface area (Å²) in [6.07, 6.45) is 4.50. The topological polar surface area (TPSA) is 66.4 Å². The van der Waals surface area contributed by atoms with E-state index in [-0.39, 0.29) is 23.1 Å². The van der Waals surface area contributed by atoms with Gasteiger partial charge in [0.2, 0.25) is 5.91 Å². The Morgan fingerprint density at radius 3 is 2.45 bits per heavy atom. The first-order chi connectivity index (χ1) is 9.58. The van der Waals surface area contributed by atoms with Crippen LogP contribution in [0.25, 0.3) is 0 Å². The van der Waals surface area contributed by atoms with Crippen molar-refractivity contribution in [3.63, 3.8) is 0 Å². The number of anilines is 1. The summed E-state index contributed by atoms with van der Waals surface area (Å²) >= 11 is 0. The van der Waals surface area contributed by atoms with Gasteiger partial charge in [-0.15, -0.1) is 0 Å². The van der Waals surface area contributed by atoms with E-state index in [1.807, 2.05) is 0 Å². The summed E-state index contributed by atoms with van der Waals surface area (Å²) in [7, 11) is 0. The molecule has 2 fully saturated rings. The first-order valence-electron chi connectivity index (χ1n) is 6.91. The number of aromatic carboxylic acids is 1. The number of halogens is 1. The lowest BCUT2D eigenvalue weighted by atomic mass is 10.0. The van der Waals surface area contributed by atoms with Gasteiger partial charge in [0, 0.05) is 5.92 Å². The Balaban J connectivity index is 1.75. The third kappa shape index (κ3) is 2.28. The number of carboxylic acid groups (broad SMARTS) is 1. The van der Waals surface area contributed by atoms with Crippen molar-refractivity contribution in [1.29, 1.82) is 0 Å². The van der Waals surface area contributed by atoms with Crippen LogP contribution in [0.4, 0.5) is 10.1 Å². The maximum Gasteiger partial charge on any atom is 0.337 e. The van der Waals surface area contributed by atoms with Crippen LogP contribution in [0.1, 0.15) is 36.0 Å². The van der Waals surface area contributed by atoms with Crippen molar-refractivity contribution in [2.75, 3.05) is 5.32 Å². The lowest BCUT2D eigenvalue weighted by Gasteiger charge is -2.08. The van der Waals surface area contributed by atoms with Crippen molar-refractivity contribution in [2.24, 2.45) is 17.8 Å². The van der Waals surface area contributed by atoms with Crippen LogP contribution in [0.2, 0.25) is 0 Å². The van der Waals surface area contributed by atoms with E-state index in [1.54, 1.807) is 0 Å². The number of carbonyl (C=O) groups excluding carboxylic acids is 1. The Kier molecular flexibility index (Phi) is 3.20. The predicted molar refractivity (Wildman–Crippen MR) is 70.9 cm³/mol. The monoisotopic (exact) mass is 277 g/mol. The van der Waals surface area contributed by atoms with Gasteiger partial charge in [0.05, 0.1) is 11.3 Å². The molecule has 0 spiro atoms. The Hall–Kier alpha value is -1.91. The molecule has 0 heterocycles. The summed E-state index contributed by atoms with van der Waals surface area (Å²) in [6.45, 7) is 0. The van der Waals surface area contributed by atoms with Gasteiger partial charge in [-0.2, -0.15) is 0 Å². The molecule has 0 saturated heterocycles. The fraction of sp³-hybridized carbons (Fsp3) is 0.467. The smallest absolute Gasteiger partial charge is 0.337 e. The van der Waals surface area contributed by atoms with E-state index in [2.05, 4.69) is 5.32 Å². The molecule has 0 radical (unpaired) electrons. The lowest BCUT2D eigenvalue weighted by molar-refractivity contribution is -0.117. The minimum Gasteiger partial charge on any atom is -0.478 e. The molecule has 0 bridgehead atoms. The van der Waals surface area contributed by atoms with Crippen molar-refractivity contribution >= 4 is 17.6 Å². The number of fused-ring (bicyclic) bond motifs is 1. The minimum absolute atomic E-state index is 0.00389. The van der Waals surface area contributed by atoms with Gasteiger partial charge in [0.1, 0.15) is 5.82 Å². The molecule has 1 aromatic carbocycles. The van der Waals surface area contributed by atoms with Crippen molar-refractivity contribution in [3.8, 4) is 0 Å². The van der Waals surface area contributed by atoms with Crippen LogP contribution >= 0.6 is 0 Å². The van der Waals surface area contributed by atoms with Crippen molar-refractivity contribution in [1.82, 2.24) is 0 Å². The van der Waals surface area contributed by atoms with E-state index >= 15 is 0 Å². The second-order valence-corrected chi connectivity index (χ2v) is 5.62. The number of carboxylic acids is 1. The van der Waals surface area contributed by atoms with E-state index in [0.29, 0.717) is 11.8 Å². The molecule has 2 unspecified atom stereocenters. The van der Waals surface area contributed by atoms with E-state index < -0.39 is 11.8 Å². The average Bonchev–Trinajstić information content (AvgIpc) is 3.15. The number of hydrogen-bond donors (Lipinski definition) is 2. The molecule has 106 valence electrons. The number of benzene rings is 1. The van der Waals surface area contributed by atoms with Crippen LogP contribution < -0.4 is 5.32 Å². The van der Waals surface area contributed by atoms with Gasteiger partial charge in [-0.1, -0.05) is 12.8 Å². The molecule has 20 heavy (non-hydrogen) atoms. The number of amides is 1. The first-order valence-corrected chi connectivity index (χ1v) is 6.91. The van der Waals surface area contributed by atoms with E-state index in [4.69, 9.17) is 5.11 Å². The number of nitrogens with one attached hydrogen (secondary N) is 1. The highest BCUT2D eigenvalue weighted by Gasteiger charge is 2.54. The fourth-order valence-electron chi connectivity index (χ4n) is 3.40. The van der Waals surface area contributed by atoms with Crippen LogP contribution in [0, 0.1) is 23.6 Å². The van der Waals surface area contributed by atoms with Crippen LogP contribution in [-0.4, -0.2) is 17.0 Å². The summed E-state index contributed by atoms with van der Waals surface area (Å²) in [6, 6.07) is 3.39. The van der Waals surface area contributed by atoms with Crippen LogP contribution in [0.5, 0.6) is 0 Å². The first kappa shape index (κ1) is 13.1. The minimum atomic E-state index is -1.24. The zero-order valence-electron chi connectivity index (χ0n) is 10.9. The SMILES string of the molecule is O=C(O)c1cc(F)ccc1NC(=O)C1C2CCCCC21. The number of rotatable bonds is 3. The Bertz CT molecular complexity index is 560. The third-order valence-electron chi connectivity index (χ3n) is 4.43. The molecular weight excluding hydrogens is 261 g/mol. The number of hydrogen-bond acceptors (Lipinski definition) is 2. The van der Waals surface area contributed by atoms with Gasteiger partial charge in [-0.3, -0.25) is 4.79 Å². The molecule has 5 heteroatoms. The summed E-state index contributed by atoms with van der Waals surface area (Å²) in [4.78, 5) is 23.3. The summed E-state index contributed by atoms with van der Waals surface area (Å²) < 4.78 is 13.1. The normalized spacial score (nSPS) is 27.6. The molecule has 2 aliphatic rings. The molecule has 2 saturated carbocycles. The Morgan fingerprint density at radius 2 is 1.85 bits per heavy atom. The number of carbonyl (C=O) groups is 2. The van der Waals surface area contributed by atoms with Gasteiger partial charge < -0.3 is 10.4 Å². The summed E-state index contributed by atoms with van der Waals surface area (Å²) in [5.41, 5.74) is -0.0329. The largest absolute Gasteiger partial charge is 0.478 e. The van der Waals surface area contributed by atoms with Crippen LogP contribution in [-0.2, 0) is 4.79 Å². The van der Waals surface area contributed by atoms with Gasteiger partial charge in [0.25, 0.3) is 0 Å². The predicted octanol–water partition coefficient (Wildman–Crippen LogP) is 2.90. The van der Waals surface area contributed by atoms with Gasteiger partial charge in [-0.05, 0) is 42.9 Å². The van der Waals surface area contributed by atoms with Gasteiger partial charge >= 0.3 is 5.97 Å². The molecule has 1 aromatic rings. The van der Waals surface area contributed by atoms with E-state index in [9.17, 15) is 14.0 Å². The van der Waals surface area contributed by atoms with Gasteiger partial charge in [-0.25, -0.2) is 9.18 Å².